The van der Waals surface area contributed by atoms with Crippen LogP contribution < -0.4 is 15.5 Å². The standard InChI is InChI=1S/C27H28F3NO2.C26H26F3NO2.C19H20F3NO2.C18H18F3NO4S.C12H14F3NO3/c1-18(20-10-6-4-7-11-20)31(19(2)21-12-8-5-9-13-21)23(16-27(32)33-3)14-22-15-25(29)26(30)17-24(22)28;1-18(20-11-7-4-8-12-20)30(17-19-9-5-3-6-10-19)22(15-26(31)32-2)13-21-14-24(28)25(29)16-23(21)27;1-12(13-6-4-3-5-7-13)23-15(10-19(24)25-2)8-14-9-17(21)18(22)11-16(14)20;1-11-3-5-14(6-4-11)27(24,25)22-13(9-18(23)26-2)7-12-8-16(20)17(21)10-15(12)19;1-18-12(17)5-8(16-19-2)3-7-4-10(14)11(15)6-9(7)13/h4-13,15,17-19,23H,14,16H2,1-3H3;3-12,14,16,18,22H,13,15,17H2,1-2H3;3-7,9,11-12,15,23H,8,10H2,1-2H3;3-6,8,10,13,22H,7,9H2,1-2H3;4,6,8,16H,3,5H2,1-2H3. The third-order valence-electron chi connectivity index (χ3n) is 22.0. The van der Waals surface area contributed by atoms with Gasteiger partial charge >= 0.3 is 29.8 Å². The lowest BCUT2D eigenvalue weighted by atomic mass is 9.93. The molecule has 9 atom stereocenters. The summed E-state index contributed by atoms with van der Waals surface area (Å²) >= 11 is 0. The Labute approximate surface area is 780 Å². The summed E-state index contributed by atoms with van der Waals surface area (Å²) in [7, 11) is 3.47. The van der Waals surface area contributed by atoms with E-state index in [4.69, 9.17) is 9.47 Å². The van der Waals surface area contributed by atoms with E-state index >= 15 is 0 Å². The summed E-state index contributed by atoms with van der Waals surface area (Å²) in [6.45, 7) is 10.2. The van der Waals surface area contributed by atoms with Crippen LogP contribution in [0.5, 0.6) is 0 Å². The first kappa shape index (κ1) is 110. The summed E-state index contributed by atoms with van der Waals surface area (Å²) in [5, 5.41) is 3.22. The van der Waals surface area contributed by atoms with Crippen LogP contribution in [0.1, 0.15) is 145 Å². The van der Waals surface area contributed by atoms with Gasteiger partial charge in [0, 0.05) is 91.3 Å². The van der Waals surface area contributed by atoms with E-state index in [-0.39, 0.29) is 115 Å². The number of sulfonamides is 1. The zero-order valence-corrected chi connectivity index (χ0v) is 77.1. The lowest BCUT2D eigenvalue weighted by Crippen LogP contribution is -2.42. The van der Waals surface area contributed by atoms with Crippen LogP contribution >= 0.6 is 0 Å². The minimum Gasteiger partial charge on any atom is -0.469 e. The van der Waals surface area contributed by atoms with Crippen molar-refractivity contribution in [3.8, 4) is 0 Å². The monoisotopic (exact) mass is 1930 g/mol. The molecule has 136 heavy (non-hydrogen) atoms. The second kappa shape index (κ2) is 54.8. The number of hydrogen-bond acceptors (Lipinski definition) is 17. The van der Waals surface area contributed by atoms with Crippen LogP contribution in [0.3, 0.4) is 0 Å². The van der Waals surface area contributed by atoms with Gasteiger partial charge in [0.15, 0.2) is 58.2 Å². The summed E-state index contributed by atoms with van der Waals surface area (Å²) in [5.41, 5.74) is 8.06. The van der Waals surface area contributed by atoms with Gasteiger partial charge in [-0.25, -0.2) is 79.0 Å². The maximum absolute atomic E-state index is 14.6. The average molecular weight is 1930 g/mol. The van der Waals surface area contributed by atoms with Crippen molar-refractivity contribution in [1.29, 1.82) is 0 Å². The topological polar surface area (TPSA) is 217 Å². The van der Waals surface area contributed by atoms with Gasteiger partial charge in [-0.3, -0.25) is 33.8 Å². The molecule has 0 radical (unpaired) electrons. The predicted octanol–water partition coefficient (Wildman–Crippen LogP) is 20.8. The largest absolute Gasteiger partial charge is 0.469 e. The fourth-order valence-electron chi connectivity index (χ4n) is 14.8. The lowest BCUT2D eigenvalue weighted by Gasteiger charge is -2.41. The number of nitrogens with one attached hydrogen (secondary N) is 3. The lowest BCUT2D eigenvalue weighted by molar-refractivity contribution is -0.143. The zero-order valence-electron chi connectivity index (χ0n) is 76.3. The van der Waals surface area contributed by atoms with Gasteiger partial charge in [0.25, 0.3) is 0 Å². The summed E-state index contributed by atoms with van der Waals surface area (Å²) in [5.74, 6) is -19.3. The predicted molar refractivity (Wildman–Crippen MR) is 480 cm³/mol. The smallest absolute Gasteiger partial charge is 0.307 e. The Bertz CT molecular complexity index is 5760. The van der Waals surface area contributed by atoms with E-state index in [1.165, 1.54) is 47.7 Å². The van der Waals surface area contributed by atoms with Gasteiger partial charge < -0.3 is 33.8 Å². The number of esters is 5. The van der Waals surface area contributed by atoms with Crippen LogP contribution in [0.2, 0.25) is 0 Å². The van der Waals surface area contributed by atoms with Gasteiger partial charge in [0.2, 0.25) is 10.0 Å². The molecule has 0 heterocycles. The maximum atomic E-state index is 14.6. The fourth-order valence-corrected chi connectivity index (χ4v) is 16.1. The van der Waals surface area contributed by atoms with E-state index in [0.29, 0.717) is 42.9 Å². The first-order valence-electron chi connectivity index (χ1n) is 42.6. The van der Waals surface area contributed by atoms with E-state index in [1.807, 2.05) is 179 Å². The number of halogens is 15. The summed E-state index contributed by atoms with van der Waals surface area (Å²) in [6, 6.07) is 56.9. The normalized spacial score (nSPS) is 13.1. The molecule has 0 spiro atoms. The van der Waals surface area contributed by atoms with Gasteiger partial charge in [0.1, 0.15) is 29.1 Å². The molecule has 34 heteroatoms. The molecular weight excluding hydrogens is 1820 g/mol. The van der Waals surface area contributed by atoms with E-state index < -0.39 is 164 Å². The second-order valence-electron chi connectivity index (χ2n) is 31.5. The minimum atomic E-state index is -4.03. The highest BCUT2D eigenvalue weighted by Crippen LogP contribution is 2.37. The first-order chi connectivity index (χ1) is 64.7. The van der Waals surface area contributed by atoms with Gasteiger partial charge in [-0.05, 0) is 165 Å². The van der Waals surface area contributed by atoms with Crippen LogP contribution in [0.25, 0.3) is 0 Å². The van der Waals surface area contributed by atoms with Crippen molar-refractivity contribution in [3.05, 3.63) is 385 Å². The zero-order chi connectivity index (χ0) is 100. The van der Waals surface area contributed by atoms with Gasteiger partial charge in [0.05, 0.1) is 79.7 Å². The van der Waals surface area contributed by atoms with Crippen LogP contribution in [0.4, 0.5) is 65.9 Å². The summed E-state index contributed by atoms with van der Waals surface area (Å²) in [4.78, 5) is 67.8. The molecule has 0 aliphatic carbocycles. The highest BCUT2D eigenvalue weighted by molar-refractivity contribution is 7.89. The molecular formula is C102H106F15N5O13S. The molecule has 0 aromatic heterocycles. The third kappa shape index (κ3) is 34.7. The molecule has 728 valence electrons. The maximum Gasteiger partial charge on any atom is 0.307 e. The number of hydroxylamine groups is 1. The van der Waals surface area contributed by atoms with Gasteiger partial charge in [-0.1, -0.05) is 169 Å². The Hall–Kier alpha value is -12.6. The molecule has 11 aromatic carbocycles. The number of carbonyl (C=O) groups excluding carboxylic acids is 5. The van der Waals surface area contributed by atoms with Crippen molar-refractivity contribution in [2.75, 3.05) is 42.7 Å². The van der Waals surface area contributed by atoms with Crippen molar-refractivity contribution in [2.45, 2.75) is 165 Å². The average Bonchev–Trinajstić information content (AvgIpc) is 0.798. The van der Waals surface area contributed by atoms with E-state index in [9.17, 15) is 98.2 Å². The Balaban J connectivity index is 0.000000234. The molecule has 11 aromatic rings. The third-order valence-corrected chi connectivity index (χ3v) is 23.5. The Morgan fingerprint density at radius 1 is 0.316 bits per heavy atom. The Morgan fingerprint density at radius 3 is 0.949 bits per heavy atom. The number of aryl methyl sites for hydroxylation is 1. The van der Waals surface area contributed by atoms with Crippen LogP contribution in [-0.4, -0.2) is 121 Å². The Morgan fingerprint density at radius 2 is 0.596 bits per heavy atom. The number of nitrogens with zero attached hydrogens (tertiary/aromatic N) is 2. The minimum absolute atomic E-state index is 0.000523. The Kier molecular flexibility index (Phi) is 44.5. The number of ether oxygens (including phenoxy) is 5. The van der Waals surface area contributed by atoms with E-state index in [2.05, 4.69) is 44.4 Å². The number of carbonyl (C=O) groups is 5. The van der Waals surface area contributed by atoms with E-state index in [0.717, 1.165) is 64.8 Å². The highest BCUT2D eigenvalue weighted by Gasteiger charge is 2.35. The van der Waals surface area contributed by atoms with Crippen LogP contribution in [0, 0.1) is 94.2 Å². The molecule has 0 bridgehead atoms. The molecule has 3 N–H and O–H groups in total. The van der Waals surface area contributed by atoms with Crippen LogP contribution in [0.15, 0.2) is 241 Å². The SMILES string of the molecule is COC(=O)CC(Cc1cc(F)c(F)cc1F)N(C(C)c1ccccc1)C(C)c1ccccc1.COC(=O)CC(Cc1cc(F)c(F)cc1F)N(Cc1ccccc1)C(C)c1ccccc1.COC(=O)CC(Cc1cc(F)c(F)cc1F)NC(C)c1ccccc1.COC(=O)CC(Cc1cc(F)c(F)cc1F)NS(=O)(=O)c1ccc(C)cc1.CONC(CC(=O)OC)Cc1cc(F)c(F)cc1F. The molecule has 11 rings (SSSR count). The van der Waals surface area contributed by atoms with Crippen LogP contribution in [-0.2, 0) is 101 Å². The number of rotatable bonds is 38. The second-order valence-corrected chi connectivity index (χ2v) is 33.2. The van der Waals surface area contributed by atoms with Gasteiger partial charge in [-0.15, -0.1) is 0 Å². The number of methoxy groups -OCH3 is 5. The van der Waals surface area contributed by atoms with Gasteiger partial charge in [-0.2, -0.15) is 5.48 Å². The summed E-state index contributed by atoms with van der Waals surface area (Å²) in [6.07, 6.45) is -0.976. The highest BCUT2D eigenvalue weighted by atomic mass is 32.2. The molecule has 0 saturated heterocycles. The molecule has 9 unspecified atom stereocenters. The van der Waals surface area contributed by atoms with Crippen molar-refractivity contribution in [1.82, 2.24) is 25.3 Å². The molecule has 0 aliphatic rings. The first-order valence-corrected chi connectivity index (χ1v) is 44.1. The summed E-state index contributed by atoms with van der Waals surface area (Å²) < 4.78 is 255. The quantitative estimate of drug-likeness (QED) is 0.0108. The van der Waals surface area contributed by atoms with E-state index in [1.54, 1.807) is 19.1 Å². The molecule has 18 nitrogen and oxygen atoms in total. The molecule has 0 aliphatic heterocycles. The number of benzene rings is 11. The fraction of sp³-hybridized carbons (Fsp3) is 0.304. The number of hydrogen-bond donors (Lipinski definition) is 3. The molecule has 0 fully saturated rings. The molecule has 0 amide bonds. The van der Waals surface area contributed by atoms with Crippen molar-refractivity contribution in [3.63, 3.8) is 0 Å². The van der Waals surface area contributed by atoms with Crippen molar-refractivity contribution in [2.24, 2.45) is 0 Å². The van der Waals surface area contributed by atoms with Crippen molar-refractivity contribution < 1.29 is 127 Å². The molecule has 0 saturated carbocycles. The van der Waals surface area contributed by atoms with Crippen molar-refractivity contribution >= 4 is 39.9 Å².